The summed E-state index contributed by atoms with van der Waals surface area (Å²) >= 11 is 6.00. The third-order valence-electron chi connectivity index (χ3n) is 3.69. The van der Waals surface area contributed by atoms with Crippen molar-refractivity contribution < 1.29 is 14.3 Å². The maximum absolute atomic E-state index is 12.1. The highest BCUT2D eigenvalue weighted by molar-refractivity contribution is 6.40. The van der Waals surface area contributed by atoms with Crippen molar-refractivity contribution >= 4 is 29.1 Å². The van der Waals surface area contributed by atoms with Crippen LogP contribution in [0.3, 0.4) is 0 Å². The highest BCUT2D eigenvalue weighted by atomic mass is 35.5. The molecule has 0 aliphatic heterocycles. The molecule has 0 fully saturated rings. The molecule has 0 spiro atoms. The summed E-state index contributed by atoms with van der Waals surface area (Å²) in [4.78, 5) is 24.1. The Bertz CT molecular complexity index is 744. The Hall–Kier alpha value is -2.53. The predicted octanol–water partition coefficient (Wildman–Crippen LogP) is 3.47. The standard InChI is InChI=1S/C18H19ClN2O3/c1-11-15(19)5-4-6-16(11)21-18(23)17(22)20-12(2)13-7-9-14(24-3)10-8-13/h4-10,12H,1-3H3,(H,20,22)(H,21,23). The lowest BCUT2D eigenvalue weighted by molar-refractivity contribution is -0.136. The number of methoxy groups -OCH3 is 1. The Morgan fingerprint density at radius 2 is 1.75 bits per heavy atom. The first-order valence-electron chi connectivity index (χ1n) is 7.43. The molecule has 1 unspecified atom stereocenters. The Morgan fingerprint density at radius 1 is 1.08 bits per heavy atom. The molecule has 0 saturated heterocycles. The van der Waals surface area contributed by atoms with Crippen LogP contribution in [-0.2, 0) is 9.59 Å². The molecule has 6 heteroatoms. The Balaban J connectivity index is 2.00. The predicted molar refractivity (Wildman–Crippen MR) is 94.4 cm³/mol. The van der Waals surface area contributed by atoms with E-state index in [1.807, 2.05) is 12.1 Å². The first-order chi connectivity index (χ1) is 11.4. The second-order valence-corrected chi connectivity index (χ2v) is 5.74. The van der Waals surface area contributed by atoms with Gasteiger partial charge in [0.2, 0.25) is 0 Å². The lowest BCUT2D eigenvalue weighted by atomic mass is 10.1. The molecule has 2 aromatic rings. The molecular weight excluding hydrogens is 328 g/mol. The highest BCUT2D eigenvalue weighted by Gasteiger charge is 2.18. The zero-order valence-electron chi connectivity index (χ0n) is 13.7. The van der Waals surface area contributed by atoms with Crippen LogP contribution in [0.4, 0.5) is 5.69 Å². The highest BCUT2D eigenvalue weighted by Crippen LogP contribution is 2.23. The summed E-state index contributed by atoms with van der Waals surface area (Å²) in [6, 6.07) is 12.1. The van der Waals surface area contributed by atoms with Gasteiger partial charge in [0.1, 0.15) is 5.75 Å². The van der Waals surface area contributed by atoms with Crippen molar-refractivity contribution in [3.05, 3.63) is 58.6 Å². The molecule has 2 amide bonds. The van der Waals surface area contributed by atoms with E-state index in [9.17, 15) is 9.59 Å². The minimum atomic E-state index is -0.735. The second kappa shape index (κ2) is 7.84. The lowest BCUT2D eigenvalue weighted by Gasteiger charge is -2.15. The minimum Gasteiger partial charge on any atom is -0.497 e. The summed E-state index contributed by atoms with van der Waals surface area (Å²) in [7, 11) is 1.59. The molecule has 5 nitrogen and oxygen atoms in total. The fraction of sp³-hybridized carbons (Fsp3) is 0.222. The molecule has 2 rings (SSSR count). The summed E-state index contributed by atoms with van der Waals surface area (Å²) in [5.41, 5.74) is 2.10. The maximum atomic E-state index is 12.1. The number of anilines is 1. The molecule has 0 radical (unpaired) electrons. The van der Waals surface area contributed by atoms with Gasteiger partial charge >= 0.3 is 11.8 Å². The molecule has 0 saturated carbocycles. The Labute approximate surface area is 146 Å². The van der Waals surface area contributed by atoms with E-state index in [4.69, 9.17) is 16.3 Å². The first-order valence-corrected chi connectivity index (χ1v) is 7.81. The average Bonchev–Trinajstić information content (AvgIpc) is 2.58. The van der Waals surface area contributed by atoms with Crippen LogP contribution >= 0.6 is 11.6 Å². The number of nitrogens with one attached hydrogen (secondary N) is 2. The van der Waals surface area contributed by atoms with Crippen LogP contribution in [0, 0.1) is 6.92 Å². The molecule has 0 aliphatic carbocycles. The van der Waals surface area contributed by atoms with E-state index >= 15 is 0 Å². The molecule has 24 heavy (non-hydrogen) atoms. The molecule has 0 aliphatic rings. The number of carbonyl (C=O) groups is 2. The molecule has 0 bridgehead atoms. The van der Waals surface area contributed by atoms with Gasteiger partial charge in [-0.25, -0.2) is 0 Å². The van der Waals surface area contributed by atoms with E-state index in [2.05, 4.69) is 10.6 Å². The van der Waals surface area contributed by atoms with Crippen molar-refractivity contribution in [1.82, 2.24) is 5.32 Å². The zero-order valence-corrected chi connectivity index (χ0v) is 14.5. The maximum Gasteiger partial charge on any atom is 0.313 e. The minimum absolute atomic E-state index is 0.311. The zero-order chi connectivity index (χ0) is 17.7. The van der Waals surface area contributed by atoms with E-state index in [1.165, 1.54) is 0 Å². The number of ether oxygens (including phenoxy) is 1. The van der Waals surface area contributed by atoms with Crippen LogP contribution in [0.5, 0.6) is 5.75 Å². The van der Waals surface area contributed by atoms with Crippen molar-refractivity contribution in [3.63, 3.8) is 0 Å². The largest absolute Gasteiger partial charge is 0.497 e. The number of amides is 2. The number of hydrogen-bond acceptors (Lipinski definition) is 3. The van der Waals surface area contributed by atoms with Gasteiger partial charge in [-0.05, 0) is 49.2 Å². The Kier molecular flexibility index (Phi) is 5.82. The van der Waals surface area contributed by atoms with E-state index < -0.39 is 11.8 Å². The number of halogens is 1. The van der Waals surface area contributed by atoms with Gasteiger partial charge < -0.3 is 15.4 Å². The summed E-state index contributed by atoms with van der Waals surface area (Å²) < 4.78 is 5.09. The summed E-state index contributed by atoms with van der Waals surface area (Å²) in [6.07, 6.45) is 0. The molecule has 1 atom stereocenters. The number of carbonyl (C=O) groups excluding carboxylic acids is 2. The monoisotopic (exact) mass is 346 g/mol. The topological polar surface area (TPSA) is 67.4 Å². The third-order valence-corrected chi connectivity index (χ3v) is 4.09. The molecule has 0 heterocycles. The Morgan fingerprint density at radius 3 is 2.38 bits per heavy atom. The van der Waals surface area contributed by atoms with Crippen LogP contribution < -0.4 is 15.4 Å². The summed E-state index contributed by atoms with van der Waals surface area (Å²) in [5, 5.41) is 5.76. The van der Waals surface area contributed by atoms with Gasteiger partial charge in [-0.3, -0.25) is 9.59 Å². The second-order valence-electron chi connectivity index (χ2n) is 5.33. The average molecular weight is 347 g/mol. The molecule has 2 aromatic carbocycles. The van der Waals surface area contributed by atoms with E-state index in [1.54, 1.807) is 51.3 Å². The van der Waals surface area contributed by atoms with Crippen molar-refractivity contribution in [2.45, 2.75) is 19.9 Å². The van der Waals surface area contributed by atoms with Crippen LogP contribution in [0.25, 0.3) is 0 Å². The first kappa shape index (κ1) is 17.8. The molecule has 0 aromatic heterocycles. The summed E-state index contributed by atoms with van der Waals surface area (Å²) in [5.74, 6) is -0.718. The van der Waals surface area contributed by atoms with Crippen molar-refractivity contribution in [2.75, 3.05) is 12.4 Å². The van der Waals surface area contributed by atoms with Crippen LogP contribution in [0.1, 0.15) is 24.1 Å². The van der Waals surface area contributed by atoms with Crippen LogP contribution in [0.2, 0.25) is 5.02 Å². The van der Waals surface area contributed by atoms with E-state index in [0.717, 1.165) is 11.3 Å². The van der Waals surface area contributed by atoms with E-state index in [-0.39, 0.29) is 6.04 Å². The van der Waals surface area contributed by atoms with Gasteiger partial charge in [0.15, 0.2) is 0 Å². The van der Waals surface area contributed by atoms with Gasteiger partial charge in [0.05, 0.1) is 13.2 Å². The molecule has 126 valence electrons. The van der Waals surface area contributed by atoms with Crippen molar-refractivity contribution in [2.24, 2.45) is 0 Å². The number of hydrogen-bond donors (Lipinski definition) is 2. The van der Waals surface area contributed by atoms with Gasteiger partial charge in [-0.15, -0.1) is 0 Å². The van der Waals surface area contributed by atoms with Crippen LogP contribution in [0.15, 0.2) is 42.5 Å². The van der Waals surface area contributed by atoms with Crippen molar-refractivity contribution in [3.8, 4) is 5.75 Å². The van der Waals surface area contributed by atoms with Gasteiger partial charge in [-0.1, -0.05) is 29.8 Å². The number of rotatable bonds is 4. The van der Waals surface area contributed by atoms with Gasteiger partial charge in [0, 0.05) is 10.7 Å². The van der Waals surface area contributed by atoms with Crippen LogP contribution in [-0.4, -0.2) is 18.9 Å². The fourth-order valence-corrected chi connectivity index (χ4v) is 2.33. The lowest BCUT2D eigenvalue weighted by Crippen LogP contribution is -2.37. The normalized spacial score (nSPS) is 11.5. The molecular formula is C18H19ClN2O3. The quantitative estimate of drug-likeness (QED) is 0.833. The third kappa shape index (κ3) is 4.26. The summed E-state index contributed by atoms with van der Waals surface area (Å²) in [6.45, 7) is 3.58. The fourth-order valence-electron chi connectivity index (χ4n) is 2.16. The van der Waals surface area contributed by atoms with Gasteiger partial charge in [0.25, 0.3) is 0 Å². The van der Waals surface area contributed by atoms with E-state index in [0.29, 0.717) is 16.3 Å². The smallest absolute Gasteiger partial charge is 0.313 e. The molecule has 2 N–H and O–H groups in total. The SMILES string of the molecule is COc1ccc(C(C)NC(=O)C(=O)Nc2cccc(Cl)c2C)cc1. The van der Waals surface area contributed by atoms with Gasteiger partial charge in [-0.2, -0.15) is 0 Å². The number of benzene rings is 2. The van der Waals surface area contributed by atoms with Crippen molar-refractivity contribution in [1.29, 1.82) is 0 Å².